The monoisotopic (exact) mass is 243 g/mol. The summed E-state index contributed by atoms with van der Waals surface area (Å²) in [5.41, 5.74) is 2.00. The van der Waals surface area contributed by atoms with Crippen LogP contribution in [0.2, 0.25) is 0 Å². The number of rotatable bonds is 4. The maximum absolute atomic E-state index is 8.95. The van der Waals surface area contributed by atoms with Crippen molar-refractivity contribution < 1.29 is 0 Å². The fraction of sp³-hybridized carbons (Fsp3) is 0.533. The molecule has 1 heterocycles. The highest BCUT2D eigenvalue weighted by Crippen LogP contribution is 2.27. The van der Waals surface area contributed by atoms with Gasteiger partial charge in [0, 0.05) is 12.6 Å². The normalized spacial score (nSPS) is 21.7. The molecule has 0 amide bonds. The molecule has 0 aliphatic carbocycles. The lowest BCUT2D eigenvalue weighted by atomic mass is 10.0. The molecule has 1 saturated heterocycles. The zero-order valence-corrected chi connectivity index (χ0v) is 11.2. The van der Waals surface area contributed by atoms with Crippen LogP contribution in [-0.2, 0) is 0 Å². The van der Waals surface area contributed by atoms with E-state index in [1.807, 2.05) is 25.2 Å². The van der Waals surface area contributed by atoms with Crippen molar-refractivity contribution in [3.8, 4) is 6.07 Å². The molecular weight excluding hydrogens is 222 g/mol. The van der Waals surface area contributed by atoms with Crippen LogP contribution in [0, 0.1) is 17.2 Å². The number of hydrogen-bond donors (Lipinski definition) is 1. The number of nitriles is 1. The van der Waals surface area contributed by atoms with Gasteiger partial charge in [0.2, 0.25) is 0 Å². The number of nitrogens with zero attached hydrogens (tertiary/aromatic N) is 2. The number of nitrogens with one attached hydrogen (secondary N) is 1. The van der Waals surface area contributed by atoms with E-state index < -0.39 is 0 Å². The molecule has 1 N–H and O–H groups in total. The third-order valence-corrected chi connectivity index (χ3v) is 3.86. The van der Waals surface area contributed by atoms with Crippen molar-refractivity contribution in [2.24, 2.45) is 5.92 Å². The van der Waals surface area contributed by atoms with Crippen molar-refractivity contribution in [3.63, 3.8) is 0 Å². The first-order valence-corrected chi connectivity index (χ1v) is 6.63. The van der Waals surface area contributed by atoms with Crippen LogP contribution in [0.1, 0.15) is 30.5 Å². The topological polar surface area (TPSA) is 39.1 Å². The summed E-state index contributed by atoms with van der Waals surface area (Å²) in [6.45, 7) is 5.64. The second-order valence-corrected chi connectivity index (χ2v) is 5.12. The fourth-order valence-corrected chi connectivity index (χ4v) is 2.75. The van der Waals surface area contributed by atoms with Crippen LogP contribution in [0.3, 0.4) is 0 Å². The van der Waals surface area contributed by atoms with Crippen molar-refractivity contribution >= 4 is 0 Å². The molecule has 0 radical (unpaired) electrons. The van der Waals surface area contributed by atoms with Crippen molar-refractivity contribution in [3.05, 3.63) is 35.4 Å². The molecule has 3 nitrogen and oxygen atoms in total. The Kier molecular flexibility index (Phi) is 4.35. The van der Waals surface area contributed by atoms with Crippen molar-refractivity contribution in [1.82, 2.24) is 10.2 Å². The van der Waals surface area contributed by atoms with E-state index in [0.717, 1.165) is 31.1 Å². The molecule has 18 heavy (non-hydrogen) atoms. The van der Waals surface area contributed by atoms with Gasteiger partial charge in [-0.3, -0.25) is 4.90 Å². The van der Waals surface area contributed by atoms with Crippen LogP contribution in [0.25, 0.3) is 0 Å². The molecule has 2 atom stereocenters. The van der Waals surface area contributed by atoms with E-state index in [2.05, 4.69) is 29.3 Å². The molecule has 0 spiro atoms. The molecule has 0 saturated carbocycles. The highest BCUT2D eigenvalue weighted by molar-refractivity contribution is 5.34. The Morgan fingerprint density at radius 2 is 2.39 bits per heavy atom. The minimum Gasteiger partial charge on any atom is -0.319 e. The second-order valence-electron chi connectivity index (χ2n) is 5.12. The van der Waals surface area contributed by atoms with Gasteiger partial charge in [-0.25, -0.2) is 0 Å². The first kappa shape index (κ1) is 13.1. The first-order chi connectivity index (χ1) is 8.74. The van der Waals surface area contributed by atoms with Crippen LogP contribution in [0.15, 0.2) is 24.3 Å². The molecule has 2 unspecified atom stereocenters. The lowest BCUT2D eigenvalue weighted by molar-refractivity contribution is 0.252. The van der Waals surface area contributed by atoms with E-state index in [0.29, 0.717) is 6.04 Å². The molecule has 2 rings (SSSR count). The highest BCUT2D eigenvalue weighted by atomic mass is 15.2. The molecular formula is C15H21N3. The Balaban J connectivity index is 2.03. The summed E-state index contributed by atoms with van der Waals surface area (Å²) >= 11 is 0. The summed E-state index contributed by atoms with van der Waals surface area (Å²) in [6.07, 6.45) is 1.27. The lowest BCUT2D eigenvalue weighted by Crippen LogP contribution is -2.27. The maximum Gasteiger partial charge on any atom is 0.0991 e. The van der Waals surface area contributed by atoms with Crippen LogP contribution >= 0.6 is 0 Å². The maximum atomic E-state index is 8.95. The Bertz CT molecular complexity index is 436. The molecule has 3 heteroatoms. The number of likely N-dealkylation sites (tertiary alicyclic amines) is 1. The van der Waals surface area contributed by atoms with Gasteiger partial charge >= 0.3 is 0 Å². The van der Waals surface area contributed by atoms with Gasteiger partial charge in [-0.15, -0.1) is 0 Å². The number of hydrogen-bond acceptors (Lipinski definition) is 3. The number of benzene rings is 1. The molecule has 0 bridgehead atoms. The molecule has 1 aliphatic rings. The van der Waals surface area contributed by atoms with Crippen molar-refractivity contribution in [2.75, 3.05) is 26.7 Å². The van der Waals surface area contributed by atoms with E-state index >= 15 is 0 Å². The van der Waals surface area contributed by atoms with Crippen LogP contribution in [0.4, 0.5) is 0 Å². The predicted molar refractivity (Wildman–Crippen MR) is 73.2 cm³/mol. The Morgan fingerprint density at radius 3 is 3.11 bits per heavy atom. The summed E-state index contributed by atoms with van der Waals surface area (Å²) in [6, 6.07) is 10.6. The third kappa shape index (κ3) is 2.90. The summed E-state index contributed by atoms with van der Waals surface area (Å²) in [5.74, 6) is 0.761. The summed E-state index contributed by atoms with van der Waals surface area (Å²) in [4.78, 5) is 2.51. The van der Waals surface area contributed by atoms with Crippen molar-refractivity contribution in [1.29, 1.82) is 5.26 Å². The van der Waals surface area contributed by atoms with Gasteiger partial charge in [-0.05, 0) is 57.1 Å². The zero-order valence-electron chi connectivity index (χ0n) is 11.2. The van der Waals surface area contributed by atoms with Gasteiger partial charge < -0.3 is 5.32 Å². The quantitative estimate of drug-likeness (QED) is 0.881. The second kappa shape index (κ2) is 5.99. The molecule has 96 valence electrons. The lowest BCUT2D eigenvalue weighted by Gasteiger charge is -2.25. The molecule has 1 fully saturated rings. The van der Waals surface area contributed by atoms with Crippen LogP contribution < -0.4 is 5.32 Å². The largest absolute Gasteiger partial charge is 0.319 e. The van der Waals surface area contributed by atoms with E-state index in [4.69, 9.17) is 5.26 Å². The molecule has 1 aromatic rings. The molecule has 1 aromatic carbocycles. The Hall–Kier alpha value is -1.37. The van der Waals surface area contributed by atoms with E-state index in [1.165, 1.54) is 12.0 Å². The smallest absolute Gasteiger partial charge is 0.0991 e. The fourth-order valence-electron chi connectivity index (χ4n) is 2.75. The van der Waals surface area contributed by atoms with Gasteiger partial charge in [-0.2, -0.15) is 5.26 Å². The average Bonchev–Trinajstić information content (AvgIpc) is 2.87. The third-order valence-electron chi connectivity index (χ3n) is 3.86. The highest BCUT2D eigenvalue weighted by Gasteiger charge is 2.26. The molecule has 0 aromatic heterocycles. The minimum atomic E-state index is 0.403. The average molecular weight is 243 g/mol. The van der Waals surface area contributed by atoms with Gasteiger partial charge in [-0.1, -0.05) is 12.1 Å². The van der Waals surface area contributed by atoms with Gasteiger partial charge in [0.25, 0.3) is 0 Å². The van der Waals surface area contributed by atoms with Gasteiger partial charge in [0.1, 0.15) is 0 Å². The summed E-state index contributed by atoms with van der Waals surface area (Å²) < 4.78 is 0. The zero-order chi connectivity index (χ0) is 13.0. The van der Waals surface area contributed by atoms with Crippen LogP contribution in [-0.4, -0.2) is 31.6 Å². The molecule has 1 aliphatic heterocycles. The predicted octanol–water partition coefficient (Wildman–Crippen LogP) is 2.16. The van der Waals surface area contributed by atoms with E-state index in [1.54, 1.807) is 0 Å². The standard InChI is InChI=1S/C15H21N3/c1-12(15-5-3-4-13(8-15)9-16)18-7-6-14(11-18)10-17-2/h3-5,8,12,14,17H,6-7,10-11H2,1-2H3. The van der Waals surface area contributed by atoms with Crippen molar-refractivity contribution in [2.45, 2.75) is 19.4 Å². The minimum absolute atomic E-state index is 0.403. The first-order valence-electron chi connectivity index (χ1n) is 6.63. The van der Waals surface area contributed by atoms with Crippen LogP contribution in [0.5, 0.6) is 0 Å². The Labute approximate surface area is 109 Å². The summed E-state index contributed by atoms with van der Waals surface area (Å²) in [7, 11) is 2.02. The van der Waals surface area contributed by atoms with E-state index in [9.17, 15) is 0 Å². The van der Waals surface area contributed by atoms with Gasteiger partial charge in [0.05, 0.1) is 11.6 Å². The summed E-state index contributed by atoms with van der Waals surface area (Å²) in [5, 5.41) is 12.2. The Morgan fingerprint density at radius 1 is 1.56 bits per heavy atom. The van der Waals surface area contributed by atoms with E-state index in [-0.39, 0.29) is 0 Å². The van der Waals surface area contributed by atoms with Gasteiger partial charge in [0.15, 0.2) is 0 Å². The SMILES string of the molecule is CNCC1CCN(C(C)c2cccc(C#N)c2)C1.